The number of carbonyl (C=O) groups excluding carboxylic acids is 1. The van der Waals surface area contributed by atoms with E-state index in [1.807, 2.05) is 38.1 Å². The summed E-state index contributed by atoms with van der Waals surface area (Å²) in [5, 5.41) is 9.44. The van der Waals surface area contributed by atoms with Crippen LogP contribution in [0.5, 0.6) is 0 Å². The Hall–Kier alpha value is -1.33. The van der Waals surface area contributed by atoms with Crippen LogP contribution in [0.25, 0.3) is 0 Å². The van der Waals surface area contributed by atoms with Gasteiger partial charge in [-0.05, 0) is 31.5 Å². The Labute approximate surface area is 121 Å². The van der Waals surface area contributed by atoms with Crippen molar-refractivity contribution in [2.75, 3.05) is 5.75 Å². The van der Waals surface area contributed by atoms with Crippen LogP contribution >= 0.6 is 23.4 Å². The minimum atomic E-state index is 0.0488. The highest BCUT2D eigenvalue weighted by molar-refractivity contribution is 8.15. The molecule has 100 valence electrons. The first-order chi connectivity index (χ1) is 9.06. The highest BCUT2D eigenvalue weighted by Gasteiger charge is 2.28. The van der Waals surface area contributed by atoms with E-state index in [0.717, 1.165) is 11.3 Å². The van der Waals surface area contributed by atoms with E-state index in [4.69, 9.17) is 11.6 Å². The fraction of sp³-hybridized carbons (Fsp3) is 0.308. The second-order valence-electron chi connectivity index (χ2n) is 4.33. The monoisotopic (exact) mass is 295 g/mol. The molecule has 1 aromatic carbocycles. The third kappa shape index (κ3) is 3.81. The van der Waals surface area contributed by atoms with Crippen molar-refractivity contribution in [2.24, 2.45) is 10.2 Å². The van der Waals surface area contributed by atoms with E-state index in [0.29, 0.717) is 22.5 Å². The molecule has 0 aliphatic carbocycles. The number of rotatable bonds is 3. The zero-order valence-electron chi connectivity index (χ0n) is 10.8. The largest absolute Gasteiger partial charge is 0.285 e. The molecular formula is C13H14ClN3OS. The van der Waals surface area contributed by atoms with Gasteiger partial charge in [0.15, 0.2) is 5.17 Å². The van der Waals surface area contributed by atoms with E-state index in [9.17, 15) is 4.79 Å². The molecule has 0 aromatic heterocycles. The predicted octanol–water partition coefficient (Wildman–Crippen LogP) is 3.17. The smallest absolute Gasteiger partial charge is 0.239 e. The number of hydrogen-bond donors (Lipinski definition) is 0. The Kier molecular flexibility index (Phi) is 4.61. The zero-order chi connectivity index (χ0) is 13.8. The molecule has 1 aliphatic heterocycles. The molecule has 1 aliphatic rings. The summed E-state index contributed by atoms with van der Waals surface area (Å²) in [5.41, 5.74) is 1.84. The summed E-state index contributed by atoms with van der Waals surface area (Å²) in [5.74, 6) is 0.463. The van der Waals surface area contributed by atoms with Gasteiger partial charge in [-0.2, -0.15) is 5.10 Å². The molecule has 2 rings (SSSR count). The maximum Gasteiger partial charge on any atom is 0.239 e. The van der Waals surface area contributed by atoms with Crippen LogP contribution in [0.15, 0.2) is 34.5 Å². The van der Waals surface area contributed by atoms with E-state index >= 15 is 0 Å². The van der Waals surface area contributed by atoms with Gasteiger partial charge in [0.05, 0.1) is 12.3 Å². The number of carbonyl (C=O) groups is 1. The third-order valence-electron chi connectivity index (χ3n) is 2.42. The van der Waals surface area contributed by atoms with Crippen molar-refractivity contribution in [2.45, 2.75) is 20.4 Å². The minimum absolute atomic E-state index is 0.0488. The highest BCUT2D eigenvalue weighted by atomic mass is 35.5. The van der Waals surface area contributed by atoms with Gasteiger partial charge in [0.25, 0.3) is 0 Å². The average molecular weight is 296 g/mol. The third-order valence-corrected chi connectivity index (χ3v) is 3.61. The van der Waals surface area contributed by atoms with Gasteiger partial charge in [0.2, 0.25) is 5.91 Å². The van der Waals surface area contributed by atoms with Gasteiger partial charge >= 0.3 is 0 Å². The van der Waals surface area contributed by atoms with Crippen LogP contribution in [0.1, 0.15) is 19.4 Å². The first kappa shape index (κ1) is 14.1. The SMILES string of the molecule is CC(C)=N/N=C1\SCC(=O)N1Cc1cccc(Cl)c1. The first-order valence-electron chi connectivity index (χ1n) is 5.83. The van der Waals surface area contributed by atoms with Gasteiger partial charge in [0.1, 0.15) is 0 Å². The van der Waals surface area contributed by atoms with Crippen LogP contribution in [-0.2, 0) is 11.3 Å². The molecule has 4 nitrogen and oxygen atoms in total. The summed E-state index contributed by atoms with van der Waals surface area (Å²) in [4.78, 5) is 13.5. The van der Waals surface area contributed by atoms with Crippen LogP contribution in [-0.4, -0.2) is 27.4 Å². The predicted molar refractivity (Wildman–Crippen MR) is 80.7 cm³/mol. The molecule has 19 heavy (non-hydrogen) atoms. The van der Waals surface area contributed by atoms with E-state index in [1.165, 1.54) is 11.8 Å². The van der Waals surface area contributed by atoms with Crippen molar-refractivity contribution in [1.29, 1.82) is 0 Å². The number of halogens is 1. The summed E-state index contributed by atoms with van der Waals surface area (Å²) < 4.78 is 0. The number of amidine groups is 1. The second-order valence-corrected chi connectivity index (χ2v) is 5.71. The van der Waals surface area contributed by atoms with E-state index < -0.39 is 0 Å². The van der Waals surface area contributed by atoms with Crippen molar-refractivity contribution in [3.8, 4) is 0 Å². The van der Waals surface area contributed by atoms with Gasteiger partial charge in [0, 0.05) is 10.7 Å². The molecule has 0 unspecified atom stereocenters. The number of benzene rings is 1. The molecule has 0 atom stereocenters. The van der Waals surface area contributed by atoms with Crippen molar-refractivity contribution >= 4 is 40.1 Å². The summed E-state index contributed by atoms with van der Waals surface area (Å²) in [7, 11) is 0. The molecule has 1 aromatic rings. The maximum absolute atomic E-state index is 11.9. The van der Waals surface area contributed by atoms with Crippen LogP contribution < -0.4 is 0 Å². The molecule has 1 saturated heterocycles. The Morgan fingerprint density at radius 2 is 2.26 bits per heavy atom. The van der Waals surface area contributed by atoms with Crippen LogP contribution in [0.2, 0.25) is 5.02 Å². The van der Waals surface area contributed by atoms with E-state index in [-0.39, 0.29) is 5.91 Å². The maximum atomic E-state index is 11.9. The molecule has 6 heteroatoms. The van der Waals surface area contributed by atoms with Crippen molar-refractivity contribution in [3.63, 3.8) is 0 Å². The topological polar surface area (TPSA) is 45.0 Å². The number of nitrogens with zero attached hydrogens (tertiary/aromatic N) is 3. The lowest BCUT2D eigenvalue weighted by Crippen LogP contribution is -2.28. The van der Waals surface area contributed by atoms with Crippen LogP contribution in [0, 0.1) is 0 Å². The molecule has 1 fully saturated rings. The molecule has 0 saturated carbocycles. The van der Waals surface area contributed by atoms with Crippen LogP contribution in [0.4, 0.5) is 0 Å². The van der Waals surface area contributed by atoms with Crippen molar-refractivity contribution < 1.29 is 4.79 Å². The lowest BCUT2D eigenvalue weighted by Gasteiger charge is -2.15. The molecular weight excluding hydrogens is 282 g/mol. The minimum Gasteiger partial charge on any atom is -0.285 e. The molecule has 1 amide bonds. The van der Waals surface area contributed by atoms with E-state index in [1.54, 1.807) is 4.90 Å². The first-order valence-corrected chi connectivity index (χ1v) is 7.19. The van der Waals surface area contributed by atoms with Crippen LogP contribution in [0.3, 0.4) is 0 Å². The Morgan fingerprint density at radius 3 is 2.95 bits per heavy atom. The number of amides is 1. The fourth-order valence-electron chi connectivity index (χ4n) is 1.59. The standard InChI is InChI=1S/C13H14ClN3OS/c1-9(2)15-16-13-17(12(18)8-19-13)7-10-4-3-5-11(14)6-10/h3-6H,7-8H2,1-2H3/b16-13-. The molecule has 0 radical (unpaired) electrons. The molecule has 0 bridgehead atoms. The quantitative estimate of drug-likeness (QED) is 0.635. The van der Waals surface area contributed by atoms with Gasteiger partial charge < -0.3 is 0 Å². The van der Waals surface area contributed by atoms with Gasteiger partial charge in [-0.3, -0.25) is 9.69 Å². The number of thioether (sulfide) groups is 1. The lowest BCUT2D eigenvalue weighted by molar-refractivity contribution is -0.124. The van der Waals surface area contributed by atoms with Crippen molar-refractivity contribution in [3.05, 3.63) is 34.9 Å². The normalized spacial score (nSPS) is 17.1. The summed E-state index contributed by atoms with van der Waals surface area (Å²) >= 11 is 7.36. The highest BCUT2D eigenvalue weighted by Crippen LogP contribution is 2.23. The zero-order valence-corrected chi connectivity index (χ0v) is 12.3. The fourth-order valence-corrected chi connectivity index (χ4v) is 2.63. The van der Waals surface area contributed by atoms with Gasteiger partial charge in [-0.1, -0.05) is 35.5 Å². The number of hydrogen-bond acceptors (Lipinski definition) is 4. The second kappa shape index (κ2) is 6.21. The van der Waals surface area contributed by atoms with Crippen molar-refractivity contribution in [1.82, 2.24) is 4.90 Å². The average Bonchev–Trinajstić information content (AvgIpc) is 2.68. The lowest BCUT2D eigenvalue weighted by atomic mass is 10.2. The molecule has 0 N–H and O–H groups in total. The van der Waals surface area contributed by atoms with E-state index in [2.05, 4.69) is 10.2 Å². The Bertz CT molecular complexity index is 553. The molecule has 0 spiro atoms. The summed E-state index contributed by atoms with van der Waals surface area (Å²) in [6, 6.07) is 7.47. The van der Waals surface area contributed by atoms with Gasteiger partial charge in [-0.25, -0.2) is 0 Å². The Morgan fingerprint density at radius 1 is 1.47 bits per heavy atom. The van der Waals surface area contributed by atoms with Gasteiger partial charge in [-0.15, -0.1) is 5.10 Å². The molecule has 1 heterocycles. The summed E-state index contributed by atoms with van der Waals surface area (Å²) in [6.45, 7) is 4.21. The Balaban J connectivity index is 2.19. The summed E-state index contributed by atoms with van der Waals surface area (Å²) in [6.07, 6.45) is 0.